The first-order valence-corrected chi connectivity index (χ1v) is 7.34. The number of rotatable bonds is 5. The zero-order chi connectivity index (χ0) is 14.0. The Hall–Kier alpha value is -1.10. The van der Waals surface area contributed by atoms with E-state index in [4.69, 9.17) is 5.73 Å². The lowest BCUT2D eigenvalue weighted by atomic mass is 10.1. The van der Waals surface area contributed by atoms with Crippen LogP contribution in [0.25, 0.3) is 0 Å². The van der Waals surface area contributed by atoms with Crippen LogP contribution < -0.4 is 11.1 Å². The van der Waals surface area contributed by atoms with Crippen molar-refractivity contribution in [1.82, 2.24) is 10.2 Å². The average Bonchev–Trinajstić information content (AvgIpc) is 3.12. The highest BCUT2D eigenvalue weighted by atomic mass is 16.2. The molecule has 3 N–H and O–H groups in total. The van der Waals surface area contributed by atoms with Crippen LogP contribution in [0.4, 0.5) is 0 Å². The molecule has 1 saturated carbocycles. The standard InChI is InChI=1S/C14H25N3O2/c1-9(2)14(19)17-7-3-4-12(17)13(18)16-8-11(15)10-5-6-10/h9-12H,3-8,15H2,1-2H3,(H,16,18). The van der Waals surface area contributed by atoms with Gasteiger partial charge in [0.05, 0.1) is 0 Å². The minimum atomic E-state index is -0.290. The molecule has 5 nitrogen and oxygen atoms in total. The van der Waals surface area contributed by atoms with E-state index in [2.05, 4.69) is 5.32 Å². The summed E-state index contributed by atoms with van der Waals surface area (Å²) in [5, 5.41) is 2.91. The first-order chi connectivity index (χ1) is 9.00. The van der Waals surface area contributed by atoms with Crippen molar-refractivity contribution in [1.29, 1.82) is 0 Å². The second-order valence-electron chi connectivity index (χ2n) is 6.09. The number of hydrogen-bond donors (Lipinski definition) is 2. The number of carbonyl (C=O) groups is 2. The number of nitrogens with zero attached hydrogens (tertiary/aromatic N) is 1. The van der Waals surface area contributed by atoms with E-state index in [0.717, 1.165) is 12.8 Å². The van der Waals surface area contributed by atoms with Crippen LogP contribution in [-0.4, -0.2) is 41.9 Å². The zero-order valence-electron chi connectivity index (χ0n) is 11.9. The van der Waals surface area contributed by atoms with Crippen LogP contribution in [0, 0.1) is 11.8 Å². The Bertz CT molecular complexity index is 353. The third kappa shape index (κ3) is 3.47. The van der Waals surface area contributed by atoms with Crippen molar-refractivity contribution in [3.05, 3.63) is 0 Å². The molecule has 0 bridgehead atoms. The molecule has 0 radical (unpaired) electrons. The van der Waals surface area contributed by atoms with E-state index in [1.165, 1.54) is 12.8 Å². The molecule has 2 fully saturated rings. The van der Waals surface area contributed by atoms with Crippen LogP contribution in [0.5, 0.6) is 0 Å². The Morgan fingerprint density at radius 3 is 2.58 bits per heavy atom. The molecule has 2 unspecified atom stereocenters. The zero-order valence-corrected chi connectivity index (χ0v) is 11.9. The van der Waals surface area contributed by atoms with Gasteiger partial charge in [-0.2, -0.15) is 0 Å². The molecule has 0 aromatic heterocycles. The van der Waals surface area contributed by atoms with Gasteiger partial charge in [0.2, 0.25) is 11.8 Å². The molecule has 2 rings (SSSR count). The number of amides is 2. The number of nitrogens with two attached hydrogens (primary N) is 1. The summed E-state index contributed by atoms with van der Waals surface area (Å²) in [4.78, 5) is 25.9. The van der Waals surface area contributed by atoms with Gasteiger partial charge in [-0.1, -0.05) is 13.8 Å². The second-order valence-corrected chi connectivity index (χ2v) is 6.09. The Labute approximate surface area is 114 Å². The molecule has 19 heavy (non-hydrogen) atoms. The molecular formula is C14H25N3O2. The number of likely N-dealkylation sites (tertiary alicyclic amines) is 1. The van der Waals surface area contributed by atoms with Crippen LogP contribution in [0.2, 0.25) is 0 Å². The minimum Gasteiger partial charge on any atom is -0.353 e. The summed E-state index contributed by atoms with van der Waals surface area (Å²) >= 11 is 0. The van der Waals surface area contributed by atoms with Gasteiger partial charge in [0.15, 0.2) is 0 Å². The predicted molar refractivity (Wildman–Crippen MR) is 73.3 cm³/mol. The first kappa shape index (κ1) is 14.3. The topological polar surface area (TPSA) is 75.4 Å². The second kappa shape index (κ2) is 5.90. The summed E-state index contributed by atoms with van der Waals surface area (Å²) in [7, 11) is 0. The van der Waals surface area contributed by atoms with E-state index in [0.29, 0.717) is 19.0 Å². The Kier molecular flexibility index (Phi) is 4.45. The van der Waals surface area contributed by atoms with Crippen molar-refractivity contribution in [3.63, 3.8) is 0 Å². The van der Waals surface area contributed by atoms with E-state index < -0.39 is 0 Å². The van der Waals surface area contributed by atoms with Gasteiger partial charge >= 0.3 is 0 Å². The lowest BCUT2D eigenvalue weighted by Gasteiger charge is -2.26. The fraction of sp³-hybridized carbons (Fsp3) is 0.857. The average molecular weight is 267 g/mol. The summed E-state index contributed by atoms with van der Waals surface area (Å²) in [5.41, 5.74) is 5.97. The maximum atomic E-state index is 12.2. The van der Waals surface area contributed by atoms with Crippen molar-refractivity contribution < 1.29 is 9.59 Å². The Morgan fingerprint density at radius 1 is 1.32 bits per heavy atom. The fourth-order valence-corrected chi connectivity index (χ4v) is 2.66. The van der Waals surface area contributed by atoms with Gasteiger partial charge in [-0.3, -0.25) is 9.59 Å². The summed E-state index contributed by atoms with van der Waals surface area (Å²) in [6.07, 6.45) is 4.03. The monoisotopic (exact) mass is 267 g/mol. The maximum absolute atomic E-state index is 12.2. The molecule has 0 aromatic rings. The summed E-state index contributed by atoms with van der Waals surface area (Å²) in [6.45, 7) is 4.98. The van der Waals surface area contributed by atoms with Crippen molar-refractivity contribution in [2.24, 2.45) is 17.6 Å². The fourth-order valence-electron chi connectivity index (χ4n) is 2.66. The van der Waals surface area contributed by atoms with Gasteiger partial charge in [-0.05, 0) is 31.6 Å². The Balaban J connectivity index is 1.84. The number of carbonyl (C=O) groups excluding carboxylic acids is 2. The quantitative estimate of drug-likeness (QED) is 0.761. The van der Waals surface area contributed by atoms with Crippen molar-refractivity contribution in [2.75, 3.05) is 13.1 Å². The summed E-state index contributed by atoms with van der Waals surface area (Å²) < 4.78 is 0. The molecule has 2 amide bonds. The largest absolute Gasteiger partial charge is 0.353 e. The minimum absolute atomic E-state index is 0.0393. The van der Waals surface area contributed by atoms with Gasteiger partial charge < -0.3 is 16.0 Å². The van der Waals surface area contributed by atoms with Crippen LogP contribution in [0.3, 0.4) is 0 Å². The van der Waals surface area contributed by atoms with Crippen molar-refractivity contribution in [2.45, 2.75) is 51.6 Å². The molecule has 1 aliphatic heterocycles. The molecule has 0 aromatic carbocycles. The Morgan fingerprint density at radius 2 is 2.00 bits per heavy atom. The van der Waals surface area contributed by atoms with Crippen LogP contribution >= 0.6 is 0 Å². The van der Waals surface area contributed by atoms with Gasteiger partial charge in [-0.25, -0.2) is 0 Å². The third-order valence-electron chi connectivity index (χ3n) is 4.07. The lowest BCUT2D eigenvalue weighted by molar-refractivity contribution is -0.140. The van der Waals surface area contributed by atoms with E-state index in [1.807, 2.05) is 13.8 Å². The highest BCUT2D eigenvalue weighted by Crippen LogP contribution is 2.31. The van der Waals surface area contributed by atoms with Gasteiger partial charge in [0.25, 0.3) is 0 Å². The van der Waals surface area contributed by atoms with Crippen LogP contribution in [0.1, 0.15) is 39.5 Å². The van der Waals surface area contributed by atoms with Crippen LogP contribution in [0.15, 0.2) is 0 Å². The van der Waals surface area contributed by atoms with Gasteiger partial charge in [0.1, 0.15) is 6.04 Å². The predicted octanol–water partition coefficient (Wildman–Crippen LogP) is 0.487. The molecular weight excluding hydrogens is 242 g/mol. The van der Waals surface area contributed by atoms with Crippen LogP contribution in [-0.2, 0) is 9.59 Å². The third-order valence-corrected chi connectivity index (χ3v) is 4.07. The lowest BCUT2D eigenvalue weighted by Crippen LogP contribution is -2.49. The first-order valence-electron chi connectivity index (χ1n) is 7.34. The summed E-state index contributed by atoms with van der Waals surface area (Å²) in [5.74, 6) is 0.561. The highest BCUT2D eigenvalue weighted by molar-refractivity contribution is 5.88. The number of nitrogens with one attached hydrogen (secondary N) is 1. The molecule has 2 aliphatic rings. The van der Waals surface area contributed by atoms with E-state index in [9.17, 15) is 9.59 Å². The molecule has 1 aliphatic carbocycles. The van der Waals surface area contributed by atoms with Crippen molar-refractivity contribution in [3.8, 4) is 0 Å². The van der Waals surface area contributed by atoms with E-state index >= 15 is 0 Å². The maximum Gasteiger partial charge on any atom is 0.242 e. The van der Waals surface area contributed by atoms with Crippen molar-refractivity contribution >= 4 is 11.8 Å². The molecule has 1 saturated heterocycles. The number of hydrogen-bond acceptors (Lipinski definition) is 3. The molecule has 1 heterocycles. The van der Waals surface area contributed by atoms with E-state index in [-0.39, 0.29) is 29.8 Å². The molecule has 5 heteroatoms. The van der Waals surface area contributed by atoms with E-state index in [1.54, 1.807) is 4.90 Å². The normalized spacial score (nSPS) is 24.6. The molecule has 108 valence electrons. The van der Waals surface area contributed by atoms with Gasteiger partial charge in [-0.15, -0.1) is 0 Å². The summed E-state index contributed by atoms with van der Waals surface area (Å²) in [6, 6.07) is -0.221. The van der Waals surface area contributed by atoms with Gasteiger partial charge in [0, 0.05) is 25.0 Å². The SMILES string of the molecule is CC(C)C(=O)N1CCCC1C(=O)NCC(N)C1CC1. The molecule has 0 spiro atoms. The highest BCUT2D eigenvalue weighted by Gasteiger charge is 2.35. The smallest absolute Gasteiger partial charge is 0.242 e. The molecule has 2 atom stereocenters.